The van der Waals surface area contributed by atoms with Gasteiger partial charge in [-0.05, 0) is 37.3 Å². The van der Waals surface area contributed by atoms with Crippen LogP contribution in [0.2, 0.25) is 0 Å². The molecule has 1 fully saturated rings. The van der Waals surface area contributed by atoms with Crippen molar-refractivity contribution < 1.29 is 4.74 Å². The van der Waals surface area contributed by atoms with Crippen LogP contribution in [0.25, 0.3) is 0 Å². The first-order chi connectivity index (χ1) is 7.45. The highest BCUT2D eigenvalue weighted by molar-refractivity contribution is 5.20. The molecule has 1 aliphatic heterocycles. The smallest absolute Gasteiger partial charge is 0.119 e. The van der Waals surface area contributed by atoms with Crippen molar-refractivity contribution in [3.63, 3.8) is 0 Å². The van der Waals surface area contributed by atoms with Crippen LogP contribution in [0.4, 0.5) is 0 Å². The van der Waals surface area contributed by atoms with Gasteiger partial charge in [0.15, 0.2) is 0 Å². The lowest BCUT2D eigenvalue weighted by Crippen LogP contribution is -2.23. The van der Waals surface area contributed by atoms with Gasteiger partial charge < -0.3 is 4.74 Å². The molecule has 1 aromatic rings. The molecule has 15 heavy (non-hydrogen) atoms. The lowest BCUT2D eigenvalue weighted by Gasteiger charge is -2.21. The summed E-state index contributed by atoms with van der Waals surface area (Å²) in [5.41, 5.74) is 0. The Labute approximate surface area is 91.6 Å². The van der Waals surface area contributed by atoms with Crippen molar-refractivity contribution >= 4 is 0 Å². The number of ether oxygens (including phenoxy) is 1. The molecule has 81 valence electrons. The van der Waals surface area contributed by atoms with Crippen molar-refractivity contribution in [2.45, 2.75) is 19.3 Å². The molecule has 1 aromatic carbocycles. The molecule has 1 aliphatic rings. The van der Waals surface area contributed by atoms with Crippen LogP contribution in [0.3, 0.4) is 0 Å². The standard InChI is InChI=1S/C13H18NO/c1-2-4-13(5-3-1)15-11-8-12-6-9-14-10-7-12/h1-5,12H,6-11H2. The van der Waals surface area contributed by atoms with E-state index in [-0.39, 0.29) is 0 Å². The van der Waals surface area contributed by atoms with E-state index in [1.54, 1.807) is 0 Å². The highest BCUT2D eigenvalue weighted by Gasteiger charge is 2.13. The van der Waals surface area contributed by atoms with Crippen LogP contribution >= 0.6 is 0 Å². The Balaban J connectivity index is 1.66. The molecular weight excluding hydrogens is 186 g/mol. The van der Waals surface area contributed by atoms with E-state index in [9.17, 15) is 0 Å². The lowest BCUT2D eigenvalue weighted by atomic mass is 9.95. The predicted molar refractivity (Wildman–Crippen MR) is 61.1 cm³/mol. The topological polar surface area (TPSA) is 23.3 Å². The minimum Gasteiger partial charge on any atom is -0.494 e. The van der Waals surface area contributed by atoms with Gasteiger partial charge in [0.2, 0.25) is 0 Å². The molecule has 0 spiro atoms. The van der Waals surface area contributed by atoms with E-state index in [0.717, 1.165) is 31.4 Å². The number of hydrogen-bond donors (Lipinski definition) is 0. The fourth-order valence-corrected chi connectivity index (χ4v) is 1.95. The fourth-order valence-electron chi connectivity index (χ4n) is 1.95. The summed E-state index contributed by atoms with van der Waals surface area (Å²) in [5.74, 6) is 1.81. The van der Waals surface area contributed by atoms with E-state index in [2.05, 4.69) is 5.32 Å². The average Bonchev–Trinajstić information content (AvgIpc) is 2.32. The van der Waals surface area contributed by atoms with Crippen LogP contribution in [0.15, 0.2) is 30.3 Å². The van der Waals surface area contributed by atoms with Gasteiger partial charge in [0.25, 0.3) is 0 Å². The van der Waals surface area contributed by atoms with E-state index >= 15 is 0 Å². The number of nitrogens with zero attached hydrogens (tertiary/aromatic N) is 1. The minimum atomic E-state index is 0.825. The highest BCUT2D eigenvalue weighted by atomic mass is 16.5. The SMILES string of the molecule is c1ccc(OCCC2CC[N]CC2)cc1. The molecule has 0 saturated carbocycles. The van der Waals surface area contributed by atoms with Crippen LogP contribution in [0.1, 0.15) is 19.3 Å². The van der Waals surface area contributed by atoms with Gasteiger partial charge in [0.05, 0.1) is 6.61 Å². The maximum absolute atomic E-state index is 5.68. The van der Waals surface area contributed by atoms with Gasteiger partial charge in [0, 0.05) is 13.1 Å². The maximum atomic E-state index is 5.68. The Bertz CT molecular complexity index is 267. The van der Waals surface area contributed by atoms with Crippen LogP contribution in [0, 0.1) is 5.92 Å². The van der Waals surface area contributed by atoms with Gasteiger partial charge in [-0.15, -0.1) is 0 Å². The summed E-state index contributed by atoms with van der Waals surface area (Å²) < 4.78 is 5.68. The van der Waals surface area contributed by atoms with Gasteiger partial charge in [-0.2, -0.15) is 0 Å². The maximum Gasteiger partial charge on any atom is 0.119 e. The molecular formula is C13H18NO. The van der Waals surface area contributed by atoms with Crippen molar-refractivity contribution in [2.75, 3.05) is 19.7 Å². The third-order valence-electron chi connectivity index (χ3n) is 2.93. The van der Waals surface area contributed by atoms with Crippen molar-refractivity contribution in [1.29, 1.82) is 0 Å². The Kier molecular flexibility index (Phi) is 4.03. The number of rotatable bonds is 4. The number of piperidine rings is 1. The molecule has 1 saturated heterocycles. The summed E-state index contributed by atoms with van der Waals surface area (Å²) >= 11 is 0. The van der Waals surface area contributed by atoms with Gasteiger partial charge in [-0.3, -0.25) is 0 Å². The summed E-state index contributed by atoms with van der Waals surface area (Å²) in [7, 11) is 0. The first-order valence-electron chi connectivity index (χ1n) is 5.76. The van der Waals surface area contributed by atoms with Crippen molar-refractivity contribution in [3.05, 3.63) is 30.3 Å². The van der Waals surface area contributed by atoms with E-state index in [1.165, 1.54) is 19.3 Å². The van der Waals surface area contributed by atoms with E-state index in [0.29, 0.717) is 0 Å². The van der Waals surface area contributed by atoms with E-state index < -0.39 is 0 Å². The zero-order valence-electron chi connectivity index (χ0n) is 9.06. The quantitative estimate of drug-likeness (QED) is 0.739. The molecule has 0 unspecified atom stereocenters. The van der Waals surface area contributed by atoms with Crippen molar-refractivity contribution in [1.82, 2.24) is 5.32 Å². The average molecular weight is 204 g/mol. The van der Waals surface area contributed by atoms with E-state index in [4.69, 9.17) is 4.74 Å². The van der Waals surface area contributed by atoms with Crippen LogP contribution < -0.4 is 10.1 Å². The summed E-state index contributed by atoms with van der Waals surface area (Å²) in [6.07, 6.45) is 3.67. The second-order valence-electron chi connectivity index (χ2n) is 4.06. The number of para-hydroxylation sites is 1. The zero-order valence-corrected chi connectivity index (χ0v) is 9.06. The van der Waals surface area contributed by atoms with Gasteiger partial charge in [-0.1, -0.05) is 18.2 Å². The van der Waals surface area contributed by atoms with Crippen LogP contribution in [-0.2, 0) is 0 Å². The van der Waals surface area contributed by atoms with Gasteiger partial charge in [0.1, 0.15) is 5.75 Å². The molecule has 1 heterocycles. The second kappa shape index (κ2) is 5.76. The van der Waals surface area contributed by atoms with E-state index in [1.807, 2.05) is 30.3 Å². The highest BCUT2D eigenvalue weighted by Crippen LogP contribution is 2.17. The number of benzene rings is 1. The molecule has 0 amide bonds. The normalized spacial score (nSPS) is 17.6. The zero-order chi connectivity index (χ0) is 10.3. The summed E-state index contributed by atoms with van der Waals surface area (Å²) in [6, 6.07) is 10.0. The van der Waals surface area contributed by atoms with Gasteiger partial charge >= 0.3 is 0 Å². The minimum absolute atomic E-state index is 0.825. The molecule has 1 radical (unpaired) electrons. The molecule has 2 heteroatoms. The molecule has 0 N–H and O–H groups in total. The largest absolute Gasteiger partial charge is 0.494 e. The molecule has 0 aromatic heterocycles. The molecule has 0 aliphatic carbocycles. The molecule has 0 atom stereocenters. The summed E-state index contributed by atoms with van der Waals surface area (Å²) in [6.45, 7) is 2.95. The van der Waals surface area contributed by atoms with Crippen molar-refractivity contribution in [3.8, 4) is 5.75 Å². The fraction of sp³-hybridized carbons (Fsp3) is 0.538. The Morgan fingerprint density at radius 1 is 1.13 bits per heavy atom. The first kappa shape index (κ1) is 10.5. The van der Waals surface area contributed by atoms with Crippen LogP contribution in [-0.4, -0.2) is 19.7 Å². The lowest BCUT2D eigenvalue weighted by molar-refractivity contribution is 0.250. The summed E-state index contributed by atoms with van der Waals surface area (Å²) in [5, 5.41) is 4.35. The predicted octanol–water partition coefficient (Wildman–Crippen LogP) is 2.47. The Hall–Kier alpha value is -1.02. The van der Waals surface area contributed by atoms with Gasteiger partial charge in [-0.25, -0.2) is 5.32 Å². The monoisotopic (exact) mass is 204 g/mol. The van der Waals surface area contributed by atoms with Crippen molar-refractivity contribution in [2.24, 2.45) is 5.92 Å². The Morgan fingerprint density at radius 3 is 2.60 bits per heavy atom. The second-order valence-corrected chi connectivity index (χ2v) is 4.06. The molecule has 0 bridgehead atoms. The first-order valence-corrected chi connectivity index (χ1v) is 5.76. The summed E-state index contributed by atoms with van der Waals surface area (Å²) in [4.78, 5) is 0. The third-order valence-corrected chi connectivity index (χ3v) is 2.93. The van der Waals surface area contributed by atoms with Crippen LogP contribution in [0.5, 0.6) is 5.75 Å². The molecule has 2 nitrogen and oxygen atoms in total. The Morgan fingerprint density at radius 2 is 1.87 bits per heavy atom. The molecule has 2 rings (SSSR count). The number of hydrogen-bond acceptors (Lipinski definition) is 1. The third kappa shape index (κ3) is 3.56.